The van der Waals surface area contributed by atoms with Crippen LogP contribution >= 0.6 is 0 Å². The van der Waals surface area contributed by atoms with Gasteiger partial charge in [-0.05, 0) is 39.8 Å². The minimum atomic E-state index is -3.85. The van der Waals surface area contributed by atoms with Crippen molar-refractivity contribution in [3.05, 3.63) is 53.6 Å². The second-order valence-electron chi connectivity index (χ2n) is 11.6. The Hall–Kier alpha value is -4.33. The largest absolute Gasteiger partial charge is 0.495 e. The van der Waals surface area contributed by atoms with Crippen molar-refractivity contribution >= 4 is 38.5 Å². The molecule has 0 saturated heterocycles. The van der Waals surface area contributed by atoms with Crippen molar-refractivity contribution in [2.75, 3.05) is 76.7 Å². The van der Waals surface area contributed by atoms with Crippen molar-refractivity contribution in [1.82, 2.24) is 9.88 Å². The fourth-order valence-electron chi connectivity index (χ4n) is 4.76. The van der Waals surface area contributed by atoms with Crippen LogP contribution in [-0.2, 0) is 14.6 Å². The standard InChI is InChI=1S/C33H45N7O7S/c1-23-25(22-34)31(36-24-10-8-7-9-11-24)37-32(35-12-17-47-18-16-42)30(23)39-38-26-20-28(46-6)29(21-27(26)45-5)48(43,44)19-14-40(13-15-41)33(2,3)4/h7-11,20-21,41-42H,12-19H2,1-6H3,(H2,35,36,37). The zero-order valence-corrected chi connectivity index (χ0v) is 29.1. The van der Waals surface area contributed by atoms with Gasteiger partial charge in [0, 0.05) is 48.6 Å². The van der Waals surface area contributed by atoms with Crippen molar-refractivity contribution in [2.45, 2.75) is 38.1 Å². The second-order valence-corrected chi connectivity index (χ2v) is 13.7. The number of rotatable bonds is 18. The number of nitrogens with one attached hydrogen (secondary N) is 2. The lowest BCUT2D eigenvalue weighted by atomic mass is 10.1. The minimum Gasteiger partial charge on any atom is -0.495 e. The number of nitriles is 1. The molecule has 0 radical (unpaired) electrons. The van der Waals surface area contributed by atoms with Gasteiger partial charge in [0.25, 0.3) is 0 Å². The van der Waals surface area contributed by atoms with Gasteiger partial charge in [0.1, 0.15) is 33.8 Å². The summed E-state index contributed by atoms with van der Waals surface area (Å²) < 4.78 is 43.5. The molecule has 3 aromatic rings. The highest BCUT2D eigenvalue weighted by atomic mass is 32.2. The maximum Gasteiger partial charge on any atom is 0.183 e. The van der Waals surface area contributed by atoms with Crippen LogP contribution < -0.4 is 20.1 Å². The molecule has 0 saturated carbocycles. The van der Waals surface area contributed by atoms with Crippen LogP contribution in [-0.4, -0.2) is 100 Å². The van der Waals surface area contributed by atoms with Crippen LogP contribution in [0.15, 0.2) is 57.6 Å². The maximum absolute atomic E-state index is 13.5. The summed E-state index contributed by atoms with van der Waals surface area (Å²) in [6, 6.07) is 14.3. The fourth-order valence-corrected chi connectivity index (χ4v) is 6.17. The van der Waals surface area contributed by atoms with E-state index < -0.39 is 9.84 Å². The number of hydrogen-bond acceptors (Lipinski definition) is 14. The molecule has 0 aliphatic heterocycles. The van der Waals surface area contributed by atoms with E-state index in [2.05, 4.69) is 31.9 Å². The first-order valence-electron chi connectivity index (χ1n) is 15.4. The molecule has 48 heavy (non-hydrogen) atoms. The molecule has 0 aliphatic rings. The highest BCUT2D eigenvalue weighted by Crippen LogP contribution is 2.41. The van der Waals surface area contributed by atoms with E-state index in [1.165, 1.54) is 26.4 Å². The van der Waals surface area contributed by atoms with Gasteiger partial charge in [0.05, 0.1) is 52.0 Å². The summed E-state index contributed by atoms with van der Waals surface area (Å²) in [5.41, 5.74) is 1.59. The third kappa shape index (κ3) is 10.1. The van der Waals surface area contributed by atoms with Gasteiger partial charge in [-0.25, -0.2) is 13.4 Å². The number of benzene rings is 2. The molecular weight excluding hydrogens is 638 g/mol. The van der Waals surface area contributed by atoms with E-state index in [9.17, 15) is 18.8 Å². The molecule has 3 rings (SSSR count). The van der Waals surface area contributed by atoms with E-state index >= 15 is 0 Å². The molecule has 14 nitrogen and oxygen atoms in total. The summed E-state index contributed by atoms with van der Waals surface area (Å²) in [4.78, 5) is 6.49. The summed E-state index contributed by atoms with van der Waals surface area (Å²) in [6.45, 7) is 8.68. The normalized spacial score (nSPS) is 11.9. The Labute approximate surface area is 282 Å². The Morgan fingerprint density at radius 2 is 1.69 bits per heavy atom. The van der Waals surface area contributed by atoms with Crippen LogP contribution in [0.25, 0.3) is 0 Å². The molecule has 2 aromatic carbocycles. The molecule has 1 aromatic heterocycles. The summed E-state index contributed by atoms with van der Waals surface area (Å²) in [5.74, 6) is 0.618. The molecule has 260 valence electrons. The molecular formula is C33H45N7O7S. The van der Waals surface area contributed by atoms with E-state index in [1.807, 2.05) is 56.0 Å². The first-order valence-corrected chi connectivity index (χ1v) is 17.0. The number of sulfone groups is 1. The van der Waals surface area contributed by atoms with Gasteiger partial charge in [0.15, 0.2) is 21.5 Å². The van der Waals surface area contributed by atoms with Crippen molar-refractivity contribution in [3.63, 3.8) is 0 Å². The van der Waals surface area contributed by atoms with Gasteiger partial charge < -0.3 is 35.1 Å². The molecule has 0 aliphatic carbocycles. The maximum atomic E-state index is 13.5. The molecule has 0 bridgehead atoms. The third-order valence-electron chi connectivity index (χ3n) is 7.34. The molecule has 15 heteroatoms. The summed E-state index contributed by atoms with van der Waals surface area (Å²) in [7, 11) is -1.10. The monoisotopic (exact) mass is 683 g/mol. The number of ether oxygens (including phenoxy) is 3. The lowest BCUT2D eigenvalue weighted by molar-refractivity contribution is 0.0992. The Balaban J connectivity index is 2.04. The summed E-state index contributed by atoms with van der Waals surface area (Å²) in [6.07, 6.45) is 0. The Morgan fingerprint density at radius 3 is 2.29 bits per heavy atom. The number of methoxy groups -OCH3 is 2. The predicted molar refractivity (Wildman–Crippen MR) is 184 cm³/mol. The fraction of sp³-hybridized carbons (Fsp3) is 0.455. The number of azo groups is 1. The van der Waals surface area contributed by atoms with E-state index in [-0.39, 0.29) is 77.6 Å². The van der Waals surface area contributed by atoms with Crippen molar-refractivity contribution in [3.8, 4) is 17.6 Å². The minimum absolute atomic E-state index is 0.0589. The van der Waals surface area contributed by atoms with Gasteiger partial charge in [-0.2, -0.15) is 5.26 Å². The SMILES string of the molecule is COc1cc(S(=O)(=O)CCN(CCO)C(C)(C)C)c(OC)cc1N=Nc1c(NCCOCCO)nc(Nc2ccccc2)c(C#N)c1C. The van der Waals surface area contributed by atoms with Gasteiger partial charge in [-0.1, -0.05) is 18.2 Å². The highest BCUT2D eigenvalue weighted by Gasteiger charge is 2.27. The zero-order chi connectivity index (χ0) is 35.3. The van der Waals surface area contributed by atoms with E-state index in [0.29, 0.717) is 30.3 Å². The Morgan fingerprint density at radius 1 is 0.979 bits per heavy atom. The number of aliphatic hydroxyl groups is 2. The van der Waals surface area contributed by atoms with Crippen molar-refractivity contribution < 1.29 is 32.8 Å². The van der Waals surface area contributed by atoms with Gasteiger partial charge >= 0.3 is 0 Å². The molecule has 4 N–H and O–H groups in total. The number of aromatic nitrogens is 1. The van der Waals surface area contributed by atoms with Gasteiger partial charge in [-0.3, -0.25) is 4.90 Å². The lowest BCUT2D eigenvalue weighted by Gasteiger charge is -2.35. The number of pyridine rings is 1. The smallest absolute Gasteiger partial charge is 0.183 e. The molecule has 0 atom stereocenters. The number of nitrogens with zero attached hydrogens (tertiary/aromatic N) is 5. The number of para-hydroxylation sites is 1. The second kappa shape index (κ2) is 17.7. The molecule has 0 amide bonds. The topological polar surface area (TPSA) is 191 Å². The number of aliphatic hydroxyl groups excluding tert-OH is 2. The first-order chi connectivity index (χ1) is 22.9. The average Bonchev–Trinajstić information content (AvgIpc) is 3.05. The van der Waals surface area contributed by atoms with Crippen LogP contribution in [0, 0.1) is 18.3 Å². The van der Waals surface area contributed by atoms with Crippen molar-refractivity contribution in [1.29, 1.82) is 5.26 Å². The molecule has 1 heterocycles. The van der Waals surface area contributed by atoms with Crippen LogP contribution in [0.5, 0.6) is 11.5 Å². The summed E-state index contributed by atoms with van der Waals surface area (Å²) >= 11 is 0. The van der Waals surface area contributed by atoms with Crippen molar-refractivity contribution in [2.24, 2.45) is 10.2 Å². The van der Waals surface area contributed by atoms with Crippen LogP contribution in [0.2, 0.25) is 0 Å². The quantitative estimate of drug-likeness (QED) is 0.107. The Bertz CT molecular complexity index is 1690. The van der Waals surface area contributed by atoms with Gasteiger partial charge in [0.2, 0.25) is 0 Å². The number of β-amino-alcohol motifs (C(OH)–C–C–N with tert-alkyl or cyclic N) is 1. The van der Waals surface area contributed by atoms with E-state index in [4.69, 9.17) is 19.3 Å². The Kier molecular flexibility index (Phi) is 14.1. The predicted octanol–water partition coefficient (Wildman–Crippen LogP) is 4.73. The average molecular weight is 684 g/mol. The van der Waals surface area contributed by atoms with Crippen LogP contribution in [0.4, 0.5) is 28.7 Å². The zero-order valence-electron chi connectivity index (χ0n) is 28.3. The molecule has 0 spiro atoms. The number of anilines is 3. The summed E-state index contributed by atoms with van der Waals surface area (Å²) in [5, 5.41) is 43.8. The number of hydrogen-bond donors (Lipinski definition) is 4. The first kappa shape index (κ1) is 38.1. The molecule has 0 unspecified atom stereocenters. The highest BCUT2D eigenvalue weighted by molar-refractivity contribution is 7.91. The van der Waals surface area contributed by atoms with E-state index in [1.54, 1.807) is 6.92 Å². The lowest BCUT2D eigenvalue weighted by Crippen LogP contribution is -2.45. The van der Waals surface area contributed by atoms with Gasteiger partial charge in [-0.15, -0.1) is 10.2 Å². The van der Waals surface area contributed by atoms with E-state index in [0.717, 1.165) is 5.69 Å². The van der Waals surface area contributed by atoms with Crippen LogP contribution in [0.3, 0.4) is 0 Å². The van der Waals surface area contributed by atoms with Crippen LogP contribution in [0.1, 0.15) is 31.9 Å². The molecule has 0 fully saturated rings. The third-order valence-corrected chi connectivity index (χ3v) is 9.05.